The van der Waals surface area contributed by atoms with Crippen LogP contribution in [0.1, 0.15) is 56.5 Å². The zero-order valence-electron chi connectivity index (χ0n) is 16.3. The van der Waals surface area contributed by atoms with E-state index in [0.717, 1.165) is 0 Å². The quantitative estimate of drug-likeness (QED) is 0.601. The third-order valence-corrected chi connectivity index (χ3v) is 4.76. The zero-order chi connectivity index (χ0) is 20.7. The molecule has 1 unspecified atom stereocenters. The Bertz CT molecular complexity index is 820. The van der Waals surface area contributed by atoms with Gasteiger partial charge in [0, 0.05) is 39.4 Å². The van der Waals surface area contributed by atoms with Gasteiger partial charge in [0.05, 0.1) is 0 Å². The van der Waals surface area contributed by atoms with Crippen molar-refractivity contribution in [1.82, 2.24) is 0 Å². The summed E-state index contributed by atoms with van der Waals surface area (Å²) < 4.78 is 21.3. The highest BCUT2D eigenvalue weighted by molar-refractivity contribution is 6.47. The van der Waals surface area contributed by atoms with E-state index in [4.69, 9.17) is 18.9 Å². The number of carbonyl (C=O) groups excluding carboxylic acids is 3. The van der Waals surface area contributed by atoms with Crippen molar-refractivity contribution in [2.45, 2.75) is 64.3 Å². The highest BCUT2D eigenvalue weighted by Gasteiger charge is 2.54. The fourth-order valence-electron chi connectivity index (χ4n) is 3.40. The monoisotopic (exact) mass is 390 g/mol. The van der Waals surface area contributed by atoms with E-state index in [1.807, 2.05) is 0 Å². The van der Waals surface area contributed by atoms with Gasteiger partial charge in [-0.1, -0.05) is 19.1 Å². The van der Waals surface area contributed by atoms with Crippen LogP contribution in [0.2, 0.25) is 5.82 Å². The summed E-state index contributed by atoms with van der Waals surface area (Å²) in [5, 5.41) is 10.3. The van der Waals surface area contributed by atoms with E-state index < -0.39 is 36.4 Å². The SMILES string of the molecule is CCC(=O)C[C@H]1Cc2cccc(C(=O)OC3(C)OC(C)(C)OC3=O)c2OB1O. The molecule has 2 heterocycles. The maximum atomic E-state index is 12.7. The van der Waals surface area contributed by atoms with Crippen LogP contribution in [0.4, 0.5) is 0 Å². The molecule has 0 aromatic heterocycles. The molecule has 0 aliphatic carbocycles. The molecule has 0 amide bonds. The van der Waals surface area contributed by atoms with E-state index >= 15 is 0 Å². The van der Waals surface area contributed by atoms with Crippen LogP contribution in [0.5, 0.6) is 5.75 Å². The highest BCUT2D eigenvalue weighted by atomic mass is 16.9. The molecule has 2 aliphatic heterocycles. The average Bonchev–Trinajstić information content (AvgIpc) is 2.81. The maximum Gasteiger partial charge on any atom is 0.526 e. The van der Waals surface area contributed by atoms with Gasteiger partial charge in [-0.25, -0.2) is 9.59 Å². The minimum Gasteiger partial charge on any atom is -0.535 e. The summed E-state index contributed by atoms with van der Waals surface area (Å²) in [7, 11) is -1.22. The molecule has 0 saturated carbocycles. The van der Waals surface area contributed by atoms with E-state index in [-0.39, 0.29) is 23.5 Å². The van der Waals surface area contributed by atoms with E-state index in [1.54, 1.807) is 19.1 Å². The molecule has 150 valence electrons. The summed E-state index contributed by atoms with van der Waals surface area (Å²) in [5.41, 5.74) is 0.730. The molecule has 8 nitrogen and oxygen atoms in total. The molecular weight excluding hydrogens is 367 g/mol. The Hall–Kier alpha value is -2.39. The summed E-state index contributed by atoms with van der Waals surface area (Å²) in [4.78, 5) is 36.5. The number of ketones is 1. The lowest BCUT2D eigenvalue weighted by molar-refractivity contribution is -0.221. The van der Waals surface area contributed by atoms with Gasteiger partial charge in [-0.3, -0.25) is 9.53 Å². The summed E-state index contributed by atoms with van der Waals surface area (Å²) >= 11 is 0. The number of Topliss-reactive ketones (excluding diaryl/α,β-unsaturated/α-hetero) is 1. The summed E-state index contributed by atoms with van der Waals surface area (Å²) in [5.74, 6) is -4.94. The van der Waals surface area contributed by atoms with Crippen molar-refractivity contribution in [3.05, 3.63) is 29.3 Å². The first-order chi connectivity index (χ1) is 13.0. The van der Waals surface area contributed by atoms with Crippen molar-refractivity contribution in [3.63, 3.8) is 0 Å². The molecule has 1 saturated heterocycles. The first kappa shape index (κ1) is 20.4. The van der Waals surface area contributed by atoms with Crippen molar-refractivity contribution >= 4 is 24.8 Å². The number of esters is 2. The second kappa shape index (κ2) is 7.22. The van der Waals surface area contributed by atoms with Crippen LogP contribution in [0.15, 0.2) is 18.2 Å². The lowest BCUT2D eigenvalue weighted by atomic mass is 9.64. The Morgan fingerprint density at radius 3 is 2.64 bits per heavy atom. The molecule has 0 spiro atoms. The summed E-state index contributed by atoms with van der Waals surface area (Å²) in [6.07, 6.45) is 0.957. The number of para-hydroxylation sites is 1. The normalized spacial score (nSPS) is 25.5. The van der Waals surface area contributed by atoms with Crippen LogP contribution in [-0.4, -0.2) is 41.4 Å². The third-order valence-electron chi connectivity index (χ3n) is 4.76. The van der Waals surface area contributed by atoms with Gasteiger partial charge in [0.25, 0.3) is 0 Å². The van der Waals surface area contributed by atoms with Gasteiger partial charge in [-0.2, -0.15) is 0 Å². The number of hydrogen-bond acceptors (Lipinski definition) is 8. The second-order valence-corrected chi connectivity index (χ2v) is 7.59. The molecule has 3 rings (SSSR count). The molecule has 28 heavy (non-hydrogen) atoms. The lowest BCUT2D eigenvalue weighted by Crippen LogP contribution is -2.40. The average molecular weight is 390 g/mol. The number of hydrogen-bond donors (Lipinski definition) is 1. The van der Waals surface area contributed by atoms with Crippen LogP contribution in [0, 0.1) is 0 Å². The molecule has 1 N–H and O–H groups in total. The van der Waals surface area contributed by atoms with Crippen LogP contribution >= 0.6 is 0 Å². The highest BCUT2D eigenvalue weighted by Crippen LogP contribution is 2.38. The van der Waals surface area contributed by atoms with Crippen molar-refractivity contribution in [2.24, 2.45) is 0 Å². The molecule has 1 fully saturated rings. The third kappa shape index (κ3) is 3.90. The minimum absolute atomic E-state index is 0.0269. The van der Waals surface area contributed by atoms with Gasteiger partial charge in [0.2, 0.25) is 5.79 Å². The molecule has 9 heteroatoms. The maximum absolute atomic E-state index is 12.7. The molecule has 1 aromatic rings. The molecule has 2 atom stereocenters. The topological polar surface area (TPSA) is 108 Å². The van der Waals surface area contributed by atoms with E-state index in [1.165, 1.54) is 26.8 Å². The first-order valence-corrected chi connectivity index (χ1v) is 9.20. The predicted molar refractivity (Wildman–Crippen MR) is 97.5 cm³/mol. The van der Waals surface area contributed by atoms with Crippen LogP contribution in [0.3, 0.4) is 0 Å². The summed E-state index contributed by atoms with van der Waals surface area (Å²) in [6.45, 7) is 6.13. The van der Waals surface area contributed by atoms with E-state index in [0.29, 0.717) is 18.4 Å². The Morgan fingerprint density at radius 2 is 2.04 bits per heavy atom. The number of cyclic esters (lactones) is 1. The Balaban J connectivity index is 1.82. The molecule has 2 aliphatic rings. The number of benzene rings is 1. The van der Waals surface area contributed by atoms with Crippen LogP contribution in [-0.2, 0) is 30.2 Å². The van der Waals surface area contributed by atoms with Crippen LogP contribution in [0.25, 0.3) is 0 Å². The molecule has 1 aromatic carbocycles. The van der Waals surface area contributed by atoms with Crippen molar-refractivity contribution in [2.75, 3.05) is 0 Å². The molecular formula is C19H23BO8. The second-order valence-electron chi connectivity index (χ2n) is 7.59. The van der Waals surface area contributed by atoms with Gasteiger partial charge in [-0.15, -0.1) is 0 Å². The number of rotatable bonds is 5. The number of carbonyl (C=O) groups is 3. The van der Waals surface area contributed by atoms with Gasteiger partial charge < -0.3 is 19.2 Å². The van der Waals surface area contributed by atoms with Crippen molar-refractivity contribution < 1.29 is 38.3 Å². The fraction of sp³-hybridized carbons (Fsp3) is 0.526. The van der Waals surface area contributed by atoms with Crippen molar-refractivity contribution in [1.29, 1.82) is 0 Å². The summed E-state index contributed by atoms with van der Waals surface area (Å²) in [6, 6.07) is 4.88. The first-order valence-electron chi connectivity index (χ1n) is 9.20. The van der Waals surface area contributed by atoms with E-state index in [2.05, 4.69) is 0 Å². The molecule has 0 bridgehead atoms. The standard InChI is InChI=1S/C19H23BO8/c1-5-13(21)10-12-9-11-7-6-8-14(15(11)27-20(12)24)16(22)25-19(4)17(23)26-18(2,3)28-19/h6-8,12,24H,5,9-10H2,1-4H3/t12-,19?/m1/s1. The predicted octanol–water partition coefficient (Wildman–Crippen LogP) is 2.02. The number of fused-ring (bicyclic) bond motifs is 1. The van der Waals surface area contributed by atoms with Crippen molar-refractivity contribution in [3.8, 4) is 5.75 Å². The Labute approximate surface area is 163 Å². The zero-order valence-corrected chi connectivity index (χ0v) is 16.3. The number of ether oxygens (including phenoxy) is 3. The van der Waals surface area contributed by atoms with Crippen LogP contribution < -0.4 is 4.65 Å². The van der Waals surface area contributed by atoms with Gasteiger partial charge in [0.15, 0.2) is 0 Å². The minimum atomic E-state index is -1.88. The Morgan fingerprint density at radius 1 is 1.32 bits per heavy atom. The van der Waals surface area contributed by atoms with Gasteiger partial charge in [0.1, 0.15) is 17.1 Å². The fourth-order valence-corrected chi connectivity index (χ4v) is 3.40. The Kier molecular flexibility index (Phi) is 5.25. The lowest BCUT2D eigenvalue weighted by Gasteiger charge is -2.29. The molecule has 0 radical (unpaired) electrons. The smallest absolute Gasteiger partial charge is 0.526 e. The van der Waals surface area contributed by atoms with Gasteiger partial charge in [-0.05, 0) is 18.1 Å². The van der Waals surface area contributed by atoms with Gasteiger partial charge >= 0.3 is 24.8 Å². The largest absolute Gasteiger partial charge is 0.535 e. The van der Waals surface area contributed by atoms with E-state index in [9.17, 15) is 19.4 Å².